The van der Waals surface area contributed by atoms with E-state index in [4.69, 9.17) is 5.73 Å². The van der Waals surface area contributed by atoms with Gasteiger partial charge in [-0.2, -0.15) is 0 Å². The topological polar surface area (TPSA) is 105 Å². The van der Waals surface area contributed by atoms with Crippen molar-refractivity contribution in [2.45, 2.75) is 56.5 Å². The van der Waals surface area contributed by atoms with Gasteiger partial charge in [-0.15, -0.1) is 0 Å². The molecule has 1 unspecified atom stereocenters. The van der Waals surface area contributed by atoms with E-state index in [-0.39, 0.29) is 30.8 Å². The molecular formula is C19H23FN4O3. The van der Waals surface area contributed by atoms with Crippen LogP contribution in [0.25, 0.3) is 0 Å². The molecule has 0 spiro atoms. The maximum absolute atomic E-state index is 14.3. The number of rotatable bonds is 5. The Bertz CT molecular complexity index is 806. The first kappa shape index (κ1) is 18.1. The molecule has 144 valence electrons. The van der Waals surface area contributed by atoms with Gasteiger partial charge >= 0.3 is 0 Å². The first-order chi connectivity index (χ1) is 12.9. The van der Waals surface area contributed by atoms with Gasteiger partial charge in [0.15, 0.2) is 0 Å². The summed E-state index contributed by atoms with van der Waals surface area (Å²) >= 11 is 0. The number of carbonyl (C=O) groups excluding carboxylic acids is 3. The molecule has 8 heteroatoms. The molecule has 3 amide bonds. The SMILES string of the molecule is NC1CC(F)(CNCc2cccc3c2CN(C2CCC(=O)NC2=O)C3=O)C1. The summed E-state index contributed by atoms with van der Waals surface area (Å²) in [6, 6.07) is 4.76. The minimum Gasteiger partial charge on any atom is -0.327 e. The first-order valence-electron chi connectivity index (χ1n) is 9.27. The molecule has 4 N–H and O–H groups in total. The van der Waals surface area contributed by atoms with Gasteiger partial charge in [-0.05, 0) is 36.5 Å². The van der Waals surface area contributed by atoms with E-state index in [9.17, 15) is 18.8 Å². The van der Waals surface area contributed by atoms with Crippen LogP contribution in [-0.4, -0.2) is 46.9 Å². The molecule has 1 saturated heterocycles. The van der Waals surface area contributed by atoms with Crippen molar-refractivity contribution in [2.75, 3.05) is 6.54 Å². The molecule has 27 heavy (non-hydrogen) atoms. The standard InChI is InChI=1S/C19H23FN4O3/c20-19(6-12(21)7-19)10-22-8-11-2-1-3-13-14(11)9-24(18(13)27)15-4-5-16(25)23-17(15)26/h1-3,12,15,22H,4-10,21H2,(H,23,25,26). The summed E-state index contributed by atoms with van der Waals surface area (Å²) < 4.78 is 14.3. The van der Waals surface area contributed by atoms with Crippen molar-refractivity contribution in [3.8, 4) is 0 Å². The molecule has 2 fully saturated rings. The Labute approximate surface area is 156 Å². The summed E-state index contributed by atoms with van der Waals surface area (Å²) in [7, 11) is 0. The summed E-state index contributed by atoms with van der Waals surface area (Å²) in [4.78, 5) is 37.8. The fourth-order valence-electron chi connectivity index (χ4n) is 4.26. The van der Waals surface area contributed by atoms with Crippen LogP contribution in [0.15, 0.2) is 18.2 Å². The van der Waals surface area contributed by atoms with Crippen molar-refractivity contribution < 1.29 is 18.8 Å². The van der Waals surface area contributed by atoms with Crippen LogP contribution >= 0.6 is 0 Å². The van der Waals surface area contributed by atoms with Gasteiger partial charge in [0, 0.05) is 37.7 Å². The van der Waals surface area contributed by atoms with Crippen LogP contribution in [0.5, 0.6) is 0 Å². The molecule has 7 nitrogen and oxygen atoms in total. The van der Waals surface area contributed by atoms with Crippen LogP contribution < -0.4 is 16.4 Å². The van der Waals surface area contributed by atoms with Gasteiger partial charge in [-0.25, -0.2) is 4.39 Å². The average Bonchev–Trinajstić information content (AvgIpc) is 2.92. The lowest BCUT2D eigenvalue weighted by Gasteiger charge is -2.39. The van der Waals surface area contributed by atoms with Crippen molar-refractivity contribution in [3.63, 3.8) is 0 Å². The number of imide groups is 1. The third-order valence-electron chi connectivity index (χ3n) is 5.69. The highest BCUT2D eigenvalue weighted by atomic mass is 19.1. The zero-order valence-corrected chi connectivity index (χ0v) is 15.0. The number of benzene rings is 1. The smallest absolute Gasteiger partial charge is 0.255 e. The Hall–Kier alpha value is -2.32. The predicted molar refractivity (Wildman–Crippen MR) is 95.2 cm³/mol. The number of hydrogen-bond acceptors (Lipinski definition) is 5. The third kappa shape index (κ3) is 3.35. The van der Waals surface area contributed by atoms with Crippen LogP contribution in [0.2, 0.25) is 0 Å². The number of amides is 3. The van der Waals surface area contributed by atoms with Crippen molar-refractivity contribution >= 4 is 17.7 Å². The Kier molecular flexibility index (Phi) is 4.47. The number of carbonyl (C=O) groups is 3. The quantitative estimate of drug-likeness (QED) is 0.646. The lowest BCUT2D eigenvalue weighted by atomic mass is 9.78. The molecule has 1 aliphatic carbocycles. The molecule has 2 aliphatic heterocycles. The summed E-state index contributed by atoms with van der Waals surface area (Å²) in [6.45, 7) is 1.000. The highest BCUT2D eigenvalue weighted by Crippen LogP contribution is 2.34. The predicted octanol–water partition coefficient (Wildman–Crippen LogP) is 0.367. The van der Waals surface area contributed by atoms with Crippen LogP contribution in [0.4, 0.5) is 4.39 Å². The second-order valence-corrected chi connectivity index (χ2v) is 7.77. The fourth-order valence-corrected chi connectivity index (χ4v) is 4.26. The van der Waals surface area contributed by atoms with Crippen molar-refractivity contribution in [3.05, 3.63) is 34.9 Å². The molecule has 0 aromatic heterocycles. The number of fused-ring (bicyclic) bond motifs is 1. The lowest BCUT2D eigenvalue weighted by Crippen LogP contribution is -2.53. The lowest BCUT2D eigenvalue weighted by molar-refractivity contribution is -0.136. The maximum Gasteiger partial charge on any atom is 0.255 e. The van der Waals surface area contributed by atoms with Crippen LogP contribution in [-0.2, 0) is 22.7 Å². The van der Waals surface area contributed by atoms with Gasteiger partial charge in [-0.1, -0.05) is 12.1 Å². The third-order valence-corrected chi connectivity index (χ3v) is 5.69. The van der Waals surface area contributed by atoms with Gasteiger partial charge in [0.2, 0.25) is 11.8 Å². The second-order valence-electron chi connectivity index (χ2n) is 7.77. The molecular weight excluding hydrogens is 351 g/mol. The number of hydrogen-bond donors (Lipinski definition) is 3. The molecule has 0 bridgehead atoms. The van der Waals surface area contributed by atoms with E-state index >= 15 is 0 Å². The molecule has 1 atom stereocenters. The average molecular weight is 374 g/mol. The second kappa shape index (κ2) is 6.69. The van der Waals surface area contributed by atoms with Gasteiger partial charge in [-0.3, -0.25) is 19.7 Å². The Balaban J connectivity index is 1.44. The Morgan fingerprint density at radius 3 is 2.78 bits per heavy atom. The number of nitrogens with zero attached hydrogens (tertiary/aromatic N) is 1. The monoisotopic (exact) mass is 374 g/mol. The van der Waals surface area contributed by atoms with E-state index in [0.717, 1.165) is 11.1 Å². The molecule has 0 radical (unpaired) electrons. The summed E-state index contributed by atoms with van der Waals surface area (Å²) in [5, 5.41) is 5.43. The van der Waals surface area contributed by atoms with E-state index < -0.39 is 17.6 Å². The number of alkyl halides is 1. The summed E-state index contributed by atoms with van der Waals surface area (Å²) in [6.07, 6.45) is 1.30. The highest BCUT2D eigenvalue weighted by molar-refractivity contribution is 6.05. The summed E-state index contributed by atoms with van der Waals surface area (Å²) in [5.41, 5.74) is 6.77. The number of nitrogens with two attached hydrogens (primary N) is 1. The molecule has 1 aromatic carbocycles. The van der Waals surface area contributed by atoms with Crippen molar-refractivity contribution in [1.82, 2.24) is 15.5 Å². The van der Waals surface area contributed by atoms with Crippen LogP contribution in [0.3, 0.4) is 0 Å². The highest BCUT2D eigenvalue weighted by Gasteiger charge is 2.43. The van der Waals surface area contributed by atoms with Gasteiger partial charge in [0.1, 0.15) is 11.7 Å². The minimum atomic E-state index is -1.24. The summed E-state index contributed by atoms with van der Waals surface area (Å²) in [5.74, 6) is -0.929. The number of piperidine rings is 1. The van der Waals surface area contributed by atoms with Gasteiger partial charge < -0.3 is 16.0 Å². The molecule has 2 heterocycles. The van der Waals surface area contributed by atoms with E-state index in [0.29, 0.717) is 37.9 Å². The normalized spacial score (nSPS) is 30.1. The zero-order chi connectivity index (χ0) is 19.2. The van der Waals surface area contributed by atoms with Gasteiger partial charge in [0.25, 0.3) is 5.91 Å². The number of halogens is 1. The molecule has 4 rings (SSSR count). The Morgan fingerprint density at radius 1 is 1.30 bits per heavy atom. The van der Waals surface area contributed by atoms with Crippen molar-refractivity contribution in [2.24, 2.45) is 5.73 Å². The zero-order valence-electron chi connectivity index (χ0n) is 15.0. The van der Waals surface area contributed by atoms with E-state index in [2.05, 4.69) is 10.6 Å². The molecule has 1 saturated carbocycles. The Morgan fingerprint density at radius 2 is 2.07 bits per heavy atom. The number of nitrogens with one attached hydrogen (secondary N) is 2. The largest absolute Gasteiger partial charge is 0.327 e. The molecule has 1 aromatic rings. The first-order valence-corrected chi connectivity index (χ1v) is 9.27. The van der Waals surface area contributed by atoms with E-state index in [1.165, 1.54) is 4.90 Å². The molecule has 3 aliphatic rings. The van der Waals surface area contributed by atoms with Crippen LogP contribution in [0, 0.1) is 0 Å². The van der Waals surface area contributed by atoms with E-state index in [1.54, 1.807) is 12.1 Å². The van der Waals surface area contributed by atoms with Crippen LogP contribution in [0.1, 0.15) is 47.2 Å². The fraction of sp³-hybridized carbons (Fsp3) is 0.526. The maximum atomic E-state index is 14.3. The van der Waals surface area contributed by atoms with E-state index in [1.807, 2.05) is 6.07 Å². The minimum absolute atomic E-state index is 0.0579. The van der Waals surface area contributed by atoms with Gasteiger partial charge in [0.05, 0.1) is 0 Å². The van der Waals surface area contributed by atoms with Crippen molar-refractivity contribution in [1.29, 1.82) is 0 Å².